The lowest BCUT2D eigenvalue weighted by Crippen LogP contribution is -2.18. The highest BCUT2D eigenvalue weighted by Crippen LogP contribution is 2.49. The van der Waals surface area contributed by atoms with Crippen molar-refractivity contribution in [2.24, 2.45) is 0 Å². The third-order valence-electron chi connectivity index (χ3n) is 12.7. The van der Waals surface area contributed by atoms with Crippen molar-refractivity contribution >= 4 is 68.2 Å². The molecule has 67 heavy (non-hydrogen) atoms. The fourth-order valence-corrected chi connectivity index (χ4v) is 9.39. The van der Waals surface area contributed by atoms with Crippen LogP contribution in [0.3, 0.4) is 0 Å². The molecule has 9 aromatic carbocycles. The van der Waals surface area contributed by atoms with Crippen LogP contribution in [0, 0.1) is 74.4 Å². The van der Waals surface area contributed by atoms with Gasteiger partial charge in [0.1, 0.15) is 0 Å². The number of rotatable bonds is 12. The Kier molecular flexibility index (Phi) is 12.4. The molecule has 9 rings (SSSR count). The molecule has 9 aromatic rings. The first-order chi connectivity index (χ1) is 32.4. The van der Waals surface area contributed by atoms with E-state index in [1.54, 1.807) is 0 Å². The molecule has 0 amide bonds. The van der Waals surface area contributed by atoms with Crippen LogP contribution in [0.25, 0.3) is 0 Å². The van der Waals surface area contributed by atoms with E-state index in [0.717, 1.165) is 84.9 Å². The Hall–Kier alpha value is -8.00. The molecule has 0 saturated heterocycles. The number of nitrogens with zero attached hydrogens (tertiary/aromatic N) is 4. The predicted octanol–water partition coefficient (Wildman–Crippen LogP) is 17.9. The Morgan fingerprint density at radius 1 is 0.269 bits per heavy atom. The zero-order chi connectivity index (χ0) is 46.8. The van der Waals surface area contributed by atoms with Crippen molar-refractivity contribution in [3.05, 3.63) is 250 Å². The number of anilines is 12. The highest BCUT2D eigenvalue weighted by atomic mass is 15.2. The van der Waals surface area contributed by atoms with Gasteiger partial charge in [0.15, 0.2) is 0 Å². The van der Waals surface area contributed by atoms with E-state index in [2.05, 4.69) is 276 Å². The molecule has 0 fully saturated rings. The first kappa shape index (κ1) is 44.2. The zero-order valence-corrected chi connectivity index (χ0v) is 40.2. The minimum absolute atomic E-state index is 1.04. The summed E-state index contributed by atoms with van der Waals surface area (Å²) in [6.45, 7) is 19.9. The van der Waals surface area contributed by atoms with Gasteiger partial charge in [-0.3, -0.25) is 0 Å². The molecule has 0 aliphatic carbocycles. The van der Waals surface area contributed by atoms with Crippen LogP contribution in [0.4, 0.5) is 68.2 Å². The topological polar surface area (TPSA) is 13.0 Å². The summed E-state index contributed by atoms with van der Waals surface area (Å²) in [4.78, 5) is 9.63. The van der Waals surface area contributed by atoms with Crippen molar-refractivity contribution in [1.29, 1.82) is 0 Å². The number of hydrogen-bond acceptors (Lipinski definition) is 4. The largest absolute Gasteiger partial charge is 0.310 e. The number of hydrogen-bond donors (Lipinski definition) is 0. The Labute approximate surface area is 398 Å². The molecule has 0 N–H and O–H groups in total. The maximum absolute atomic E-state index is 3.27. The van der Waals surface area contributed by atoms with E-state index in [9.17, 15) is 0 Å². The van der Waals surface area contributed by atoms with Gasteiger partial charge in [-0.1, -0.05) is 91.0 Å². The van der Waals surface area contributed by atoms with Gasteiger partial charge in [0, 0.05) is 74.2 Å². The summed E-state index contributed by atoms with van der Waals surface area (Å²) in [7, 11) is 0. The van der Waals surface area contributed by atoms with Gasteiger partial charge in [0.05, 0.1) is 5.69 Å². The molecule has 0 atom stereocenters. The summed E-state index contributed by atoms with van der Waals surface area (Å²) in [5, 5.41) is 0. The van der Waals surface area contributed by atoms with Crippen LogP contribution >= 0.6 is 0 Å². The number of para-hydroxylation sites is 3. The van der Waals surface area contributed by atoms with Crippen LogP contribution in [0.2, 0.25) is 0 Å². The summed E-state index contributed by atoms with van der Waals surface area (Å²) < 4.78 is 0. The van der Waals surface area contributed by atoms with Gasteiger partial charge in [-0.2, -0.15) is 0 Å². The summed E-state index contributed by atoms with van der Waals surface area (Å²) in [6.07, 6.45) is 0. The van der Waals surface area contributed by atoms with Crippen LogP contribution in [-0.4, -0.2) is 0 Å². The molecule has 0 aliphatic heterocycles. The second-order valence-corrected chi connectivity index (χ2v) is 18.0. The SMILES string of the molecule is Cc1c#ccc(N(c2ccccc2)c2cc(C)c(N(c3cc(C)c(N(c4ccccc4)c4cccc(C)c4)cc3C)c3cc(C)c(N(c4ccccc4)c4cccc(C)c4)cc3C)cc2C)c1. The van der Waals surface area contributed by atoms with E-state index in [4.69, 9.17) is 0 Å². The van der Waals surface area contributed by atoms with Gasteiger partial charge < -0.3 is 19.6 Å². The minimum Gasteiger partial charge on any atom is -0.310 e. The fraction of sp³-hybridized carbons (Fsp3) is 0.143. The number of benzene rings is 8. The van der Waals surface area contributed by atoms with Gasteiger partial charge in [0.2, 0.25) is 0 Å². The maximum atomic E-state index is 3.27. The van der Waals surface area contributed by atoms with Gasteiger partial charge in [-0.05, 0) is 210 Å². The van der Waals surface area contributed by atoms with Gasteiger partial charge >= 0.3 is 0 Å². The normalized spacial score (nSPS) is 10.9. The quantitative estimate of drug-likeness (QED) is 0.121. The Bertz CT molecular complexity index is 2850. The van der Waals surface area contributed by atoms with E-state index >= 15 is 0 Å². The van der Waals surface area contributed by atoms with E-state index < -0.39 is 0 Å². The van der Waals surface area contributed by atoms with Crippen LogP contribution in [0.1, 0.15) is 50.1 Å². The van der Waals surface area contributed by atoms with Crippen LogP contribution < -0.4 is 19.6 Å². The van der Waals surface area contributed by atoms with Crippen molar-refractivity contribution in [2.75, 3.05) is 19.6 Å². The van der Waals surface area contributed by atoms with Crippen molar-refractivity contribution in [1.82, 2.24) is 0 Å². The number of aryl methyl sites for hydroxylation is 9. The van der Waals surface area contributed by atoms with Crippen LogP contribution in [-0.2, 0) is 0 Å². The Balaban J connectivity index is 1.26. The first-order valence-electron chi connectivity index (χ1n) is 23.2. The molecule has 0 unspecified atom stereocenters. The van der Waals surface area contributed by atoms with Crippen molar-refractivity contribution in [2.45, 2.75) is 62.3 Å². The van der Waals surface area contributed by atoms with E-state index in [-0.39, 0.29) is 0 Å². The fourth-order valence-electron chi connectivity index (χ4n) is 9.39. The molecule has 330 valence electrons. The standard InChI is InChI=1S/C63H58N4/c1-43-22-19-31-55(34-43)64(52-25-13-10-14-26-52)58-37-49(7)61(40-46(58)4)67(62-41-47(5)59(38-50(62)8)65(53-27-15-11-16-28-53)56-32-20-23-44(2)35-56)63-42-48(6)60(39-51(63)9)66(54-29-17-12-18-30-54)57-33-21-24-45(3)36-57/h10-20,22-23,25-42H,1-9H3. The predicted molar refractivity (Wildman–Crippen MR) is 285 cm³/mol. The summed E-state index contributed by atoms with van der Waals surface area (Å²) in [5.74, 6) is 0. The minimum atomic E-state index is 1.04. The van der Waals surface area contributed by atoms with Crippen molar-refractivity contribution in [3.8, 4) is 0 Å². The molecule has 0 saturated carbocycles. The molecule has 0 bridgehead atoms. The molecule has 4 nitrogen and oxygen atoms in total. The second kappa shape index (κ2) is 18.8. The third kappa shape index (κ3) is 9.02. The Morgan fingerprint density at radius 3 is 0.881 bits per heavy atom. The van der Waals surface area contributed by atoms with Crippen molar-refractivity contribution in [3.63, 3.8) is 0 Å². The van der Waals surface area contributed by atoms with Gasteiger partial charge in [-0.15, -0.1) is 0 Å². The highest BCUT2D eigenvalue weighted by Gasteiger charge is 2.26. The summed E-state index contributed by atoms with van der Waals surface area (Å²) >= 11 is 0. The first-order valence-corrected chi connectivity index (χ1v) is 23.2. The molecule has 0 spiro atoms. The molecule has 0 radical (unpaired) electrons. The molecule has 4 heteroatoms. The van der Waals surface area contributed by atoms with Gasteiger partial charge in [0.25, 0.3) is 0 Å². The molecular weight excluding hydrogens is 813 g/mol. The van der Waals surface area contributed by atoms with Gasteiger partial charge in [-0.25, -0.2) is 0 Å². The molecule has 0 aliphatic rings. The molecular formula is C63H58N4. The average Bonchev–Trinajstić information content (AvgIpc) is 3.32. The highest BCUT2D eigenvalue weighted by molar-refractivity contribution is 5.90. The average molecular weight is 871 g/mol. The van der Waals surface area contributed by atoms with E-state index in [1.165, 1.54) is 33.4 Å². The molecule has 0 aromatic heterocycles. The lowest BCUT2D eigenvalue weighted by atomic mass is 9.98. The monoisotopic (exact) mass is 870 g/mol. The lowest BCUT2D eigenvalue weighted by Gasteiger charge is -2.35. The van der Waals surface area contributed by atoms with Crippen LogP contribution in [0.5, 0.6) is 0 Å². The van der Waals surface area contributed by atoms with E-state index in [1.807, 2.05) is 6.07 Å². The van der Waals surface area contributed by atoms with E-state index in [0.29, 0.717) is 0 Å². The molecule has 0 heterocycles. The third-order valence-corrected chi connectivity index (χ3v) is 12.7. The maximum Gasteiger partial charge on any atom is 0.0554 e. The Morgan fingerprint density at radius 2 is 0.567 bits per heavy atom. The smallest absolute Gasteiger partial charge is 0.0554 e. The summed E-state index contributed by atoms with van der Waals surface area (Å²) in [6, 6.07) is 74.6. The lowest BCUT2D eigenvalue weighted by molar-refractivity contribution is 1.15. The zero-order valence-electron chi connectivity index (χ0n) is 40.2. The summed E-state index contributed by atoms with van der Waals surface area (Å²) in [5.41, 5.74) is 23.9. The second-order valence-electron chi connectivity index (χ2n) is 18.0. The van der Waals surface area contributed by atoms with Crippen molar-refractivity contribution < 1.29 is 0 Å². The van der Waals surface area contributed by atoms with Crippen LogP contribution in [0.15, 0.2) is 188 Å².